The molecule has 2 aromatic rings. The Morgan fingerprint density at radius 2 is 2.14 bits per heavy atom. The van der Waals surface area contributed by atoms with Crippen molar-refractivity contribution in [2.45, 2.75) is 13.5 Å². The Kier molecular flexibility index (Phi) is 4.22. The van der Waals surface area contributed by atoms with Gasteiger partial charge in [-0.25, -0.2) is 4.79 Å². The Bertz CT molecular complexity index is 678. The van der Waals surface area contributed by atoms with E-state index in [0.717, 1.165) is 5.56 Å². The molecule has 110 valence electrons. The van der Waals surface area contributed by atoms with Crippen LogP contribution in [0.15, 0.2) is 30.5 Å². The predicted octanol–water partition coefficient (Wildman–Crippen LogP) is 1.15. The van der Waals surface area contributed by atoms with E-state index in [1.165, 1.54) is 0 Å². The van der Waals surface area contributed by atoms with Crippen LogP contribution >= 0.6 is 0 Å². The highest BCUT2D eigenvalue weighted by Gasteiger charge is 2.11. The molecule has 0 unspecified atom stereocenters. The van der Waals surface area contributed by atoms with E-state index < -0.39 is 6.03 Å². The van der Waals surface area contributed by atoms with Crippen LogP contribution in [-0.2, 0) is 13.6 Å². The van der Waals surface area contributed by atoms with Crippen molar-refractivity contribution in [2.24, 2.45) is 12.8 Å². The molecule has 0 spiro atoms. The number of aryl methyl sites for hydroxylation is 2. The summed E-state index contributed by atoms with van der Waals surface area (Å²) in [6.45, 7) is 2.13. The molecular weight excluding hydrogens is 270 g/mol. The largest absolute Gasteiger partial charge is 0.351 e. The van der Waals surface area contributed by atoms with E-state index in [1.807, 2.05) is 6.07 Å². The first-order valence-corrected chi connectivity index (χ1v) is 6.39. The molecule has 0 aliphatic heterocycles. The molecule has 4 N–H and O–H groups in total. The van der Waals surface area contributed by atoms with Crippen LogP contribution in [0, 0.1) is 6.92 Å². The SMILES string of the molecule is Cc1nn(C)cc1C(=O)NCc1cccc(NC(N)=O)c1. The number of nitrogens with one attached hydrogen (secondary N) is 2. The van der Waals surface area contributed by atoms with Gasteiger partial charge < -0.3 is 16.4 Å². The molecule has 0 aliphatic rings. The molecule has 1 heterocycles. The number of aromatic nitrogens is 2. The summed E-state index contributed by atoms with van der Waals surface area (Å²) >= 11 is 0. The number of amides is 3. The fourth-order valence-electron chi connectivity index (χ4n) is 2.00. The van der Waals surface area contributed by atoms with Crippen molar-refractivity contribution in [3.8, 4) is 0 Å². The fraction of sp³-hybridized carbons (Fsp3) is 0.214. The van der Waals surface area contributed by atoms with Crippen molar-refractivity contribution in [3.63, 3.8) is 0 Å². The highest BCUT2D eigenvalue weighted by atomic mass is 16.2. The summed E-state index contributed by atoms with van der Waals surface area (Å²) in [4.78, 5) is 22.9. The second-order valence-electron chi connectivity index (χ2n) is 4.67. The molecule has 0 bridgehead atoms. The van der Waals surface area contributed by atoms with Gasteiger partial charge in [0.25, 0.3) is 5.91 Å². The van der Waals surface area contributed by atoms with Crippen molar-refractivity contribution in [1.29, 1.82) is 0 Å². The zero-order valence-corrected chi connectivity index (χ0v) is 11.9. The van der Waals surface area contributed by atoms with Crippen molar-refractivity contribution in [2.75, 3.05) is 5.32 Å². The molecule has 2 rings (SSSR count). The smallest absolute Gasteiger partial charge is 0.316 e. The molecule has 0 radical (unpaired) electrons. The number of rotatable bonds is 4. The molecule has 1 aromatic heterocycles. The zero-order chi connectivity index (χ0) is 15.4. The number of carbonyl (C=O) groups is 2. The third-order valence-electron chi connectivity index (χ3n) is 2.91. The summed E-state index contributed by atoms with van der Waals surface area (Å²) < 4.78 is 1.60. The Labute approximate surface area is 122 Å². The number of nitrogens with zero attached hydrogens (tertiary/aromatic N) is 2. The monoisotopic (exact) mass is 287 g/mol. The lowest BCUT2D eigenvalue weighted by Gasteiger charge is -2.07. The number of hydrogen-bond acceptors (Lipinski definition) is 3. The molecule has 21 heavy (non-hydrogen) atoms. The van der Waals surface area contributed by atoms with Gasteiger partial charge in [0.15, 0.2) is 0 Å². The van der Waals surface area contributed by atoms with E-state index in [9.17, 15) is 9.59 Å². The van der Waals surface area contributed by atoms with Crippen molar-refractivity contribution >= 4 is 17.6 Å². The number of carbonyl (C=O) groups excluding carboxylic acids is 2. The van der Waals surface area contributed by atoms with Crippen molar-refractivity contribution in [3.05, 3.63) is 47.3 Å². The Hall–Kier alpha value is -2.83. The summed E-state index contributed by atoms with van der Waals surface area (Å²) in [5, 5.41) is 9.43. The van der Waals surface area contributed by atoms with Gasteiger partial charge in [-0.2, -0.15) is 5.10 Å². The van der Waals surface area contributed by atoms with Crippen molar-refractivity contribution in [1.82, 2.24) is 15.1 Å². The first-order valence-electron chi connectivity index (χ1n) is 6.39. The normalized spacial score (nSPS) is 10.2. The number of nitrogens with two attached hydrogens (primary N) is 1. The van der Waals surface area contributed by atoms with E-state index in [-0.39, 0.29) is 5.91 Å². The van der Waals surface area contributed by atoms with Gasteiger partial charge in [-0.05, 0) is 24.6 Å². The highest BCUT2D eigenvalue weighted by Crippen LogP contribution is 2.11. The molecule has 0 saturated heterocycles. The number of urea groups is 1. The molecule has 0 aliphatic carbocycles. The molecule has 3 amide bonds. The fourth-order valence-corrected chi connectivity index (χ4v) is 2.00. The zero-order valence-electron chi connectivity index (χ0n) is 11.9. The topological polar surface area (TPSA) is 102 Å². The molecule has 0 atom stereocenters. The third-order valence-corrected chi connectivity index (χ3v) is 2.91. The van der Waals surface area contributed by atoms with E-state index in [1.54, 1.807) is 43.0 Å². The van der Waals surface area contributed by atoms with E-state index in [4.69, 9.17) is 5.73 Å². The maximum atomic E-state index is 12.1. The molecule has 1 aromatic carbocycles. The van der Waals surface area contributed by atoms with Crippen molar-refractivity contribution < 1.29 is 9.59 Å². The van der Waals surface area contributed by atoms with Crippen LogP contribution in [0.25, 0.3) is 0 Å². The maximum absolute atomic E-state index is 12.1. The second-order valence-corrected chi connectivity index (χ2v) is 4.67. The van der Waals surface area contributed by atoms with Crippen LogP contribution in [-0.4, -0.2) is 21.7 Å². The molecule has 7 heteroatoms. The average Bonchev–Trinajstić information content (AvgIpc) is 2.75. The minimum Gasteiger partial charge on any atom is -0.351 e. The van der Waals surface area contributed by atoms with E-state index >= 15 is 0 Å². The van der Waals surface area contributed by atoms with Crippen LogP contribution in [0.3, 0.4) is 0 Å². The lowest BCUT2D eigenvalue weighted by molar-refractivity contribution is 0.0950. The number of hydrogen-bond donors (Lipinski definition) is 3. The van der Waals surface area contributed by atoms with E-state index in [2.05, 4.69) is 15.7 Å². The van der Waals surface area contributed by atoms with Gasteiger partial charge in [0.05, 0.1) is 11.3 Å². The molecular formula is C14H17N5O2. The minimum atomic E-state index is -0.623. The second kappa shape index (κ2) is 6.08. The average molecular weight is 287 g/mol. The van der Waals surface area contributed by atoms with Gasteiger partial charge in [-0.3, -0.25) is 9.48 Å². The van der Waals surface area contributed by atoms with Crippen LogP contribution in [0.2, 0.25) is 0 Å². The Balaban J connectivity index is 2.01. The summed E-state index contributed by atoms with van der Waals surface area (Å²) in [6.07, 6.45) is 1.68. The van der Waals surface area contributed by atoms with E-state index in [0.29, 0.717) is 23.5 Å². The number of anilines is 1. The standard InChI is InChI=1S/C14H17N5O2/c1-9-12(8-19(2)18-9)13(20)16-7-10-4-3-5-11(6-10)17-14(15)21/h3-6,8H,7H2,1-2H3,(H,16,20)(H3,15,17,21). The summed E-state index contributed by atoms with van der Waals surface area (Å²) in [6, 6.07) is 6.48. The van der Waals surface area contributed by atoms with Gasteiger partial charge in [-0.15, -0.1) is 0 Å². The van der Waals surface area contributed by atoms with Gasteiger partial charge >= 0.3 is 6.03 Å². The Morgan fingerprint density at radius 1 is 1.38 bits per heavy atom. The third kappa shape index (κ3) is 3.82. The van der Waals surface area contributed by atoms with Crippen LogP contribution < -0.4 is 16.4 Å². The van der Waals surface area contributed by atoms with Gasteiger partial charge in [0.1, 0.15) is 0 Å². The minimum absolute atomic E-state index is 0.186. The molecule has 7 nitrogen and oxygen atoms in total. The highest BCUT2D eigenvalue weighted by molar-refractivity contribution is 5.95. The number of primary amides is 1. The number of benzene rings is 1. The lowest BCUT2D eigenvalue weighted by Crippen LogP contribution is -2.23. The van der Waals surface area contributed by atoms with Gasteiger partial charge in [-0.1, -0.05) is 12.1 Å². The summed E-state index contributed by atoms with van der Waals surface area (Å²) in [5.41, 5.74) is 7.73. The van der Waals surface area contributed by atoms with Crippen LogP contribution in [0.1, 0.15) is 21.6 Å². The maximum Gasteiger partial charge on any atom is 0.316 e. The summed E-state index contributed by atoms with van der Waals surface area (Å²) in [5.74, 6) is -0.186. The first-order chi connectivity index (χ1) is 9.95. The van der Waals surface area contributed by atoms with Gasteiger partial charge in [0.2, 0.25) is 0 Å². The summed E-state index contributed by atoms with van der Waals surface area (Å²) in [7, 11) is 1.77. The molecule has 0 fully saturated rings. The van der Waals surface area contributed by atoms with Gasteiger partial charge in [0, 0.05) is 25.5 Å². The lowest BCUT2D eigenvalue weighted by atomic mass is 10.2. The molecule has 0 saturated carbocycles. The first kappa shape index (κ1) is 14.6. The predicted molar refractivity (Wildman–Crippen MR) is 78.8 cm³/mol. The van der Waals surface area contributed by atoms with Crippen LogP contribution in [0.5, 0.6) is 0 Å². The Morgan fingerprint density at radius 3 is 2.76 bits per heavy atom. The quantitative estimate of drug-likeness (QED) is 0.786. The van der Waals surface area contributed by atoms with Crippen LogP contribution in [0.4, 0.5) is 10.5 Å².